The minimum Gasteiger partial charge on any atom is -0.480 e. The maximum Gasteiger partial charge on any atom is 0.322 e. The van der Waals surface area contributed by atoms with Crippen molar-refractivity contribution in [2.24, 2.45) is 0 Å². The van der Waals surface area contributed by atoms with E-state index in [4.69, 9.17) is 5.11 Å². The fraction of sp³-hybridized carbons (Fsp3) is 0.533. The lowest BCUT2D eigenvalue weighted by Gasteiger charge is -2.37. The van der Waals surface area contributed by atoms with E-state index >= 15 is 0 Å². The van der Waals surface area contributed by atoms with Gasteiger partial charge in [-0.1, -0.05) is 6.92 Å². The summed E-state index contributed by atoms with van der Waals surface area (Å²) in [6, 6.07) is 5.97. The number of benzene rings is 1. The van der Waals surface area contributed by atoms with Crippen molar-refractivity contribution < 1.29 is 14.3 Å². The summed E-state index contributed by atoms with van der Waals surface area (Å²) in [4.78, 5) is 15.5. The zero-order chi connectivity index (χ0) is 15.2. The molecule has 1 aromatic rings. The lowest BCUT2D eigenvalue weighted by Crippen LogP contribution is -2.52. The summed E-state index contributed by atoms with van der Waals surface area (Å²) >= 11 is 0. The van der Waals surface area contributed by atoms with Gasteiger partial charge in [0.15, 0.2) is 0 Å². The largest absolute Gasteiger partial charge is 0.480 e. The van der Waals surface area contributed by atoms with Crippen LogP contribution in [-0.4, -0.2) is 61.3 Å². The van der Waals surface area contributed by atoms with Crippen LogP contribution < -0.4 is 10.2 Å². The molecule has 0 radical (unpaired) electrons. The van der Waals surface area contributed by atoms with Crippen LogP contribution in [0.15, 0.2) is 24.3 Å². The minimum atomic E-state index is -0.808. The van der Waals surface area contributed by atoms with Gasteiger partial charge in [0, 0.05) is 38.4 Å². The van der Waals surface area contributed by atoms with Crippen molar-refractivity contribution in [1.82, 2.24) is 10.2 Å². The summed E-state index contributed by atoms with van der Waals surface area (Å²) in [6.45, 7) is 6.34. The van der Waals surface area contributed by atoms with Crippen molar-refractivity contribution in [3.63, 3.8) is 0 Å². The molecule has 1 aliphatic rings. The van der Waals surface area contributed by atoms with Gasteiger partial charge in [-0.05, 0) is 30.8 Å². The molecule has 1 heterocycles. The SMILES string of the molecule is CCNC(CN1CCN(c2ccc(F)cc2)CC1)C(=O)O. The monoisotopic (exact) mass is 295 g/mol. The van der Waals surface area contributed by atoms with Crippen molar-refractivity contribution in [2.45, 2.75) is 13.0 Å². The second-order valence-electron chi connectivity index (χ2n) is 5.21. The van der Waals surface area contributed by atoms with Crippen molar-refractivity contribution in [3.05, 3.63) is 30.1 Å². The molecule has 21 heavy (non-hydrogen) atoms. The molecule has 2 N–H and O–H groups in total. The van der Waals surface area contributed by atoms with E-state index in [1.807, 2.05) is 6.92 Å². The summed E-state index contributed by atoms with van der Waals surface area (Å²) in [5, 5.41) is 12.1. The van der Waals surface area contributed by atoms with Crippen LogP contribution in [0.1, 0.15) is 6.92 Å². The summed E-state index contributed by atoms with van der Waals surface area (Å²) in [7, 11) is 0. The average Bonchev–Trinajstić information content (AvgIpc) is 2.48. The van der Waals surface area contributed by atoms with Crippen LogP contribution in [-0.2, 0) is 4.79 Å². The third kappa shape index (κ3) is 4.41. The van der Waals surface area contributed by atoms with E-state index < -0.39 is 12.0 Å². The highest BCUT2D eigenvalue weighted by molar-refractivity contribution is 5.73. The minimum absolute atomic E-state index is 0.229. The molecule has 1 fully saturated rings. The first-order valence-corrected chi connectivity index (χ1v) is 7.29. The van der Waals surface area contributed by atoms with Crippen molar-refractivity contribution in [1.29, 1.82) is 0 Å². The predicted octanol–water partition coefficient (Wildman–Crippen LogP) is 1.01. The Balaban J connectivity index is 1.85. The highest BCUT2D eigenvalue weighted by Crippen LogP contribution is 2.16. The van der Waals surface area contributed by atoms with Gasteiger partial charge >= 0.3 is 5.97 Å². The van der Waals surface area contributed by atoms with Crippen LogP contribution in [0.2, 0.25) is 0 Å². The van der Waals surface area contributed by atoms with Gasteiger partial charge in [-0.25, -0.2) is 4.39 Å². The topological polar surface area (TPSA) is 55.8 Å². The predicted molar refractivity (Wildman–Crippen MR) is 80.2 cm³/mol. The zero-order valence-electron chi connectivity index (χ0n) is 12.3. The Labute approximate surface area is 124 Å². The molecule has 1 saturated heterocycles. The highest BCUT2D eigenvalue weighted by atomic mass is 19.1. The number of likely N-dealkylation sites (N-methyl/N-ethyl adjacent to an activating group) is 1. The van der Waals surface area contributed by atoms with E-state index in [1.165, 1.54) is 12.1 Å². The number of carboxylic acid groups (broad SMARTS) is 1. The van der Waals surface area contributed by atoms with Gasteiger partial charge < -0.3 is 15.3 Å². The first-order valence-electron chi connectivity index (χ1n) is 7.29. The first kappa shape index (κ1) is 15.7. The van der Waals surface area contributed by atoms with E-state index in [-0.39, 0.29) is 5.82 Å². The van der Waals surface area contributed by atoms with Crippen LogP contribution in [0.4, 0.5) is 10.1 Å². The van der Waals surface area contributed by atoms with Gasteiger partial charge in [-0.15, -0.1) is 0 Å². The molecular formula is C15H22FN3O2. The van der Waals surface area contributed by atoms with Crippen molar-refractivity contribution >= 4 is 11.7 Å². The van der Waals surface area contributed by atoms with Gasteiger partial charge in [-0.2, -0.15) is 0 Å². The smallest absolute Gasteiger partial charge is 0.322 e. The van der Waals surface area contributed by atoms with E-state index in [9.17, 15) is 9.18 Å². The Bertz CT molecular complexity index is 458. The second kappa shape index (κ2) is 7.38. The van der Waals surface area contributed by atoms with Gasteiger partial charge in [0.2, 0.25) is 0 Å². The van der Waals surface area contributed by atoms with E-state index in [1.54, 1.807) is 12.1 Å². The van der Waals surface area contributed by atoms with E-state index in [2.05, 4.69) is 15.1 Å². The molecule has 1 unspecified atom stereocenters. The highest BCUT2D eigenvalue weighted by Gasteiger charge is 2.23. The maximum atomic E-state index is 12.9. The molecule has 0 spiro atoms. The Hall–Kier alpha value is -1.66. The lowest BCUT2D eigenvalue weighted by molar-refractivity contribution is -0.140. The molecule has 0 amide bonds. The molecule has 6 heteroatoms. The van der Waals surface area contributed by atoms with Gasteiger partial charge in [0.25, 0.3) is 0 Å². The standard InChI is InChI=1S/C15H22FN3O2/c1-2-17-14(15(20)21)11-18-7-9-19(10-8-18)13-5-3-12(16)4-6-13/h3-6,14,17H,2,7-11H2,1H3,(H,20,21). The number of nitrogens with one attached hydrogen (secondary N) is 1. The molecule has 1 aromatic carbocycles. The number of piperazine rings is 1. The van der Waals surface area contributed by atoms with Crippen LogP contribution in [0, 0.1) is 5.82 Å². The molecule has 0 saturated carbocycles. The number of hydrogen-bond acceptors (Lipinski definition) is 4. The fourth-order valence-corrected chi connectivity index (χ4v) is 2.58. The Morgan fingerprint density at radius 1 is 1.29 bits per heavy atom. The van der Waals surface area contributed by atoms with Crippen LogP contribution >= 0.6 is 0 Å². The molecule has 0 aromatic heterocycles. The first-order chi connectivity index (χ1) is 10.1. The number of carbonyl (C=O) groups is 1. The lowest BCUT2D eigenvalue weighted by atomic mass is 10.2. The quantitative estimate of drug-likeness (QED) is 0.820. The normalized spacial score (nSPS) is 17.7. The van der Waals surface area contributed by atoms with E-state index in [0.29, 0.717) is 13.1 Å². The summed E-state index contributed by atoms with van der Waals surface area (Å²) in [5.74, 6) is -1.04. The molecule has 5 nitrogen and oxygen atoms in total. The van der Waals surface area contributed by atoms with Gasteiger partial charge in [0.1, 0.15) is 11.9 Å². The van der Waals surface area contributed by atoms with Crippen molar-refractivity contribution in [3.8, 4) is 0 Å². The van der Waals surface area contributed by atoms with Crippen LogP contribution in [0.25, 0.3) is 0 Å². The molecule has 1 aliphatic heterocycles. The zero-order valence-corrected chi connectivity index (χ0v) is 12.3. The van der Waals surface area contributed by atoms with Gasteiger partial charge in [-0.3, -0.25) is 9.69 Å². The number of rotatable bonds is 6. The molecule has 2 rings (SSSR count). The molecule has 1 atom stereocenters. The van der Waals surface area contributed by atoms with Crippen LogP contribution in [0.3, 0.4) is 0 Å². The average molecular weight is 295 g/mol. The van der Waals surface area contributed by atoms with E-state index in [0.717, 1.165) is 31.9 Å². The van der Waals surface area contributed by atoms with Crippen molar-refractivity contribution in [2.75, 3.05) is 44.2 Å². The summed E-state index contributed by atoms with van der Waals surface area (Å²) in [6.07, 6.45) is 0. The Kier molecular flexibility index (Phi) is 5.52. The number of anilines is 1. The fourth-order valence-electron chi connectivity index (χ4n) is 2.58. The number of aliphatic carboxylic acids is 1. The number of nitrogens with zero attached hydrogens (tertiary/aromatic N) is 2. The third-order valence-corrected chi connectivity index (χ3v) is 3.75. The third-order valence-electron chi connectivity index (χ3n) is 3.75. The molecule has 116 valence electrons. The van der Waals surface area contributed by atoms with Gasteiger partial charge in [0.05, 0.1) is 0 Å². The number of carboxylic acids is 1. The second-order valence-corrected chi connectivity index (χ2v) is 5.21. The Morgan fingerprint density at radius 2 is 1.90 bits per heavy atom. The Morgan fingerprint density at radius 3 is 2.43 bits per heavy atom. The molecular weight excluding hydrogens is 273 g/mol. The number of halogens is 1. The summed E-state index contributed by atoms with van der Waals surface area (Å²) in [5.41, 5.74) is 1.01. The molecule has 0 bridgehead atoms. The number of hydrogen-bond donors (Lipinski definition) is 2. The maximum absolute atomic E-state index is 12.9. The van der Waals surface area contributed by atoms with Crippen LogP contribution in [0.5, 0.6) is 0 Å². The summed E-state index contributed by atoms with van der Waals surface area (Å²) < 4.78 is 12.9. The molecule has 0 aliphatic carbocycles.